The standard InChI is InChI=1S/C6H8F2O7S/c1-2-14-4(9)3-15-5(10)6(7,8)16(11,12)13/h2-3H2,1H3,(H,11,12,13). The maximum atomic E-state index is 12.5. The van der Waals surface area contributed by atoms with Crippen molar-refractivity contribution < 1.29 is 40.8 Å². The molecule has 0 radical (unpaired) electrons. The van der Waals surface area contributed by atoms with E-state index in [1.807, 2.05) is 0 Å². The van der Waals surface area contributed by atoms with E-state index in [4.69, 9.17) is 4.55 Å². The van der Waals surface area contributed by atoms with Crippen LogP contribution in [-0.4, -0.2) is 43.4 Å². The third-order valence-corrected chi connectivity index (χ3v) is 2.00. The third-order valence-electron chi connectivity index (χ3n) is 1.19. The molecule has 0 spiro atoms. The number of hydrogen-bond donors (Lipinski definition) is 1. The first-order valence-electron chi connectivity index (χ1n) is 3.80. The number of carbonyl (C=O) groups excluding carboxylic acids is 2. The fourth-order valence-electron chi connectivity index (χ4n) is 0.516. The molecular formula is C6H8F2O7S. The van der Waals surface area contributed by atoms with E-state index in [-0.39, 0.29) is 6.61 Å². The summed E-state index contributed by atoms with van der Waals surface area (Å²) in [4.78, 5) is 21.1. The minimum atomic E-state index is -5.92. The van der Waals surface area contributed by atoms with Crippen molar-refractivity contribution in [2.75, 3.05) is 13.2 Å². The highest BCUT2D eigenvalue weighted by Crippen LogP contribution is 2.21. The van der Waals surface area contributed by atoms with Gasteiger partial charge in [-0.25, -0.2) is 9.59 Å². The molecule has 7 nitrogen and oxygen atoms in total. The van der Waals surface area contributed by atoms with Gasteiger partial charge in [0.1, 0.15) is 0 Å². The highest BCUT2D eigenvalue weighted by molar-refractivity contribution is 7.87. The van der Waals surface area contributed by atoms with Crippen molar-refractivity contribution in [3.8, 4) is 0 Å². The van der Waals surface area contributed by atoms with Crippen LogP contribution in [0.2, 0.25) is 0 Å². The summed E-state index contributed by atoms with van der Waals surface area (Å²) in [5.74, 6) is -3.68. The normalized spacial score (nSPS) is 12.0. The molecule has 0 aliphatic carbocycles. The van der Waals surface area contributed by atoms with Crippen LogP contribution in [0.4, 0.5) is 8.78 Å². The lowest BCUT2D eigenvalue weighted by atomic mass is 10.6. The highest BCUT2D eigenvalue weighted by atomic mass is 32.2. The summed E-state index contributed by atoms with van der Waals surface area (Å²) >= 11 is 0. The van der Waals surface area contributed by atoms with Gasteiger partial charge >= 0.3 is 27.3 Å². The number of halogens is 2. The van der Waals surface area contributed by atoms with Gasteiger partial charge in [-0.15, -0.1) is 0 Å². The lowest BCUT2D eigenvalue weighted by Gasteiger charge is -2.11. The van der Waals surface area contributed by atoms with Crippen molar-refractivity contribution in [2.45, 2.75) is 12.2 Å². The van der Waals surface area contributed by atoms with Crippen LogP contribution in [0.5, 0.6) is 0 Å². The van der Waals surface area contributed by atoms with E-state index in [2.05, 4.69) is 9.47 Å². The predicted octanol–water partition coefficient (Wildman–Crippen LogP) is -0.427. The van der Waals surface area contributed by atoms with Gasteiger partial charge in [0.15, 0.2) is 6.61 Å². The van der Waals surface area contributed by atoms with Crippen molar-refractivity contribution in [1.29, 1.82) is 0 Å². The monoisotopic (exact) mass is 262 g/mol. The zero-order valence-corrected chi connectivity index (χ0v) is 8.79. The van der Waals surface area contributed by atoms with Gasteiger partial charge in [-0.2, -0.15) is 17.2 Å². The molecule has 0 saturated heterocycles. The molecule has 0 aliphatic heterocycles. The average Bonchev–Trinajstić information content (AvgIpc) is 2.12. The summed E-state index contributed by atoms with van der Waals surface area (Å²) in [6.07, 6.45) is 0. The molecule has 1 N–H and O–H groups in total. The third kappa shape index (κ3) is 3.70. The van der Waals surface area contributed by atoms with E-state index in [0.717, 1.165) is 0 Å². The molecule has 0 aromatic carbocycles. The number of esters is 2. The Morgan fingerprint density at radius 1 is 1.31 bits per heavy atom. The Hall–Kier alpha value is -1.29. The van der Waals surface area contributed by atoms with Crippen LogP contribution in [0, 0.1) is 0 Å². The molecule has 0 amide bonds. The van der Waals surface area contributed by atoms with Crippen molar-refractivity contribution >= 4 is 22.1 Å². The van der Waals surface area contributed by atoms with E-state index < -0.39 is 33.9 Å². The molecule has 0 heterocycles. The number of alkyl halides is 2. The Kier molecular flexibility index (Phi) is 4.75. The van der Waals surface area contributed by atoms with Gasteiger partial charge in [-0.3, -0.25) is 4.55 Å². The molecule has 0 unspecified atom stereocenters. The average molecular weight is 262 g/mol. The minimum Gasteiger partial charge on any atom is -0.463 e. The largest absolute Gasteiger partial charge is 0.465 e. The second-order valence-corrected chi connectivity index (χ2v) is 3.84. The highest BCUT2D eigenvalue weighted by Gasteiger charge is 2.54. The van der Waals surface area contributed by atoms with E-state index in [0.29, 0.717) is 0 Å². The molecule has 0 atom stereocenters. The first-order valence-corrected chi connectivity index (χ1v) is 5.24. The van der Waals surface area contributed by atoms with Crippen molar-refractivity contribution in [2.24, 2.45) is 0 Å². The Bertz CT molecular complexity index is 374. The molecule has 0 aromatic rings. The lowest BCUT2D eigenvalue weighted by Crippen LogP contribution is -2.39. The molecule has 0 bridgehead atoms. The second kappa shape index (κ2) is 5.16. The van der Waals surface area contributed by atoms with Crippen molar-refractivity contribution in [1.82, 2.24) is 0 Å². The molecule has 0 saturated carbocycles. The molecule has 0 aliphatic rings. The Balaban J connectivity index is 4.44. The molecular weight excluding hydrogens is 254 g/mol. The van der Waals surface area contributed by atoms with E-state index >= 15 is 0 Å². The molecule has 10 heteroatoms. The zero-order valence-electron chi connectivity index (χ0n) is 7.98. The fourth-order valence-corrected chi connectivity index (χ4v) is 0.786. The first-order chi connectivity index (χ1) is 7.13. The van der Waals surface area contributed by atoms with Crippen molar-refractivity contribution in [3.63, 3.8) is 0 Å². The second-order valence-electron chi connectivity index (χ2n) is 2.37. The van der Waals surface area contributed by atoms with Crippen LogP contribution >= 0.6 is 0 Å². The van der Waals surface area contributed by atoms with Crippen LogP contribution in [0.1, 0.15) is 6.92 Å². The molecule has 16 heavy (non-hydrogen) atoms. The zero-order chi connectivity index (χ0) is 13.0. The van der Waals surface area contributed by atoms with Crippen LogP contribution in [-0.2, 0) is 29.2 Å². The molecule has 94 valence electrons. The van der Waals surface area contributed by atoms with Gasteiger partial charge in [-0.1, -0.05) is 0 Å². The summed E-state index contributed by atoms with van der Waals surface area (Å²) in [6.45, 7) is 0.190. The van der Waals surface area contributed by atoms with Crippen molar-refractivity contribution in [3.05, 3.63) is 0 Å². The topological polar surface area (TPSA) is 107 Å². The molecule has 0 aromatic heterocycles. The van der Waals surface area contributed by atoms with Crippen LogP contribution < -0.4 is 0 Å². The van der Waals surface area contributed by atoms with Gasteiger partial charge in [0.25, 0.3) is 0 Å². The van der Waals surface area contributed by atoms with Crippen LogP contribution in [0.15, 0.2) is 0 Å². The predicted molar refractivity (Wildman–Crippen MR) is 44.1 cm³/mol. The summed E-state index contributed by atoms with van der Waals surface area (Å²) in [7, 11) is -5.92. The first kappa shape index (κ1) is 14.7. The number of ether oxygens (including phenoxy) is 2. The fraction of sp³-hybridized carbons (Fsp3) is 0.667. The molecule has 0 rings (SSSR count). The SMILES string of the molecule is CCOC(=O)COC(=O)C(F)(F)S(=O)(=O)O. The maximum absolute atomic E-state index is 12.5. The number of rotatable bonds is 5. The number of carbonyl (C=O) groups is 2. The minimum absolute atomic E-state index is 0.0644. The quantitative estimate of drug-likeness (QED) is 0.529. The number of hydrogen-bond acceptors (Lipinski definition) is 6. The van der Waals surface area contributed by atoms with Crippen LogP contribution in [0.25, 0.3) is 0 Å². The summed E-state index contributed by atoms with van der Waals surface area (Å²) in [5, 5.41) is -5.11. The molecule has 0 fully saturated rings. The van der Waals surface area contributed by atoms with Gasteiger partial charge in [-0.05, 0) is 6.92 Å². The van der Waals surface area contributed by atoms with Gasteiger partial charge in [0.05, 0.1) is 6.61 Å². The van der Waals surface area contributed by atoms with E-state index in [1.54, 1.807) is 0 Å². The summed E-state index contributed by atoms with van der Waals surface area (Å²) < 4.78 is 61.0. The van der Waals surface area contributed by atoms with E-state index in [9.17, 15) is 26.8 Å². The van der Waals surface area contributed by atoms with Gasteiger partial charge < -0.3 is 9.47 Å². The van der Waals surface area contributed by atoms with Gasteiger partial charge in [0, 0.05) is 0 Å². The lowest BCUT2D eigenvalue weighted by molar-refractivity contribution is -0.169. The smallest absolute Gasteiger partial charge is 0.463 e. The Morgan fingerprint density at radius 3 is 2.19 bits per heavy atom. The maximum Gasteiger partial charge on any atom is 0.465 e. The van der Waals surface area contributed by atoms with Crippen LogP contribution in [0.3, 0.4) is 0 Å². The summed E-state index contributed by atoms with van der Waals surface area (Å²) in [5.41, 5.74) is 0. The summed E-state index contributed by atoms with van der Waals surface area (Å²) in [6, 6.07) is 0. The van der Waals surface area contributed by atoms with E-state index in [1.165, 1.54) is 6.92 Å². The Morgan fingerprint density at radius 2 is 1.81 bits per heavy atom. The Labute approximate surface area is 89.1 Å². The van der Waals surface area contributed by atoms with Gasteiger partial charge in [0.2, 0.25) is 0 Å².